The Kier molecular flexibility index (Phi) is 6.77. The normalized spacial score (nSPS) is 11.8. The molecule has 3 N–H and O–H groups in total. The molecule has 0 radical (unpaired) electrons. The third-order valence-electron chi connectivity index (χ3n) is 4.61. The molecule has 1 amide bonds. The van der Waals surface area contributed by atoms with Crippen LogP contribution in [0.3, 0.4) is 0 Å². The van der Waals surface area contributed by atoms with Crippen molar-refractivity contribution >= 4 is 17.7 Å². The summed E-state index contributed by atoms with van der Waals surface area (Å²) in [5.41, 5.74) is 3.09. The average Bonchev–Trinajstić information content (AvgIpc) is 3.12. The first-order valence-electron chi connectivity index (χ1n) is 9.38. The molecule has 3 aromatic rings. The van der Waals surface area contributed by atoms with E-state index in [1.165, 1.54) is 22.0 Å². The van der Waals surface area contributed by atoms with Crippen molar-refractivity contribution in [3.63, 3.8) is 0 Å². The first-order valence-corrected chi connectivity index (χ1v) is 10.4. The van der Waals surface area contributed by atoms with Crippen molar-refractivity contribution in [2.75, 3.05) is 18.7 Å². The minimum Gasteiger partial charge on any atom is -0.496 e. The second kappa shape index (κ2) is 9.47. The molecule has 1 heterocycles. The number of carbonyl (C=O) groups is 1. The van der Waals surface area contributed by atoms with Crippen LogP contribution in [0.2, 0.25) is 0 Å². The molecule has 1 aromatic heterocycles. The first-order chi connectivity index (χ1) is 14.0. The van der Waals surface area contributed by atoms with Crippen molar-refractivity contribution in [2.24, 2.45) is 0 Å². The van der Waals surface area contributed by atoms with E-state index in [2.05, 4.69) is 34.6 Å². The maximum absolute atomic E-state index is 12.4. The number of carbonyl (C=O) groups excluding carboxylic acids is 1. The van der Waals surface area contributed by atoms with Crippen LogP contribution < -0.4 is 15.9 Å². The Bertz CT molecular complexity index is 971. The third kappa shape index (κ3) is 4.89. The standard InChI is InChI=1S/C21H25N5O2S/c1-4-15-9-11-16(12-10-15)14(2)23-19(27)13-29-21-25-24-20(26(21)22)17-7-5-6-8-18(17)28-3/h5-12,14H,4,13,22H2,1-3H3,(H,23,27). The predicted molar refractivity (Wildman–Crippen MR) is 115 cm³/mol. The maximum Gasteiger partial charge on any atom is 0.230 e. The summed E-state index contributed by atoms with van der Waals surface area (Å²) in [6.45, 7) is 4.08. The summed E-state index contributed by atoms with van der Waals surface area (Å²) < 4.78 is 6.73. The largest absolute Gasteiger partial charge is 0.496 e. The van der Waals surface area contributed by atoms with Crippen LogP contribution in [0.4, 0.5) is 0 Å². The number of nitrogen functional groups attached to an aromatic ring is 1. The number of ether oxygens (including phenoxy) is 1. The van der Waals surface area contributed by atoms with Crippen LogP contribution in [-0.2, 0) is 11.2 Å². The molecule has 3 rings (SSSR count). The molecule has 0 aliphatic heterocycles. The van der Waals surface area contributed by atoms with Crippen molar-refractivity contribution < 1.29 is 9.53 Å². The number of methoxy groups -OCH3 is 1. The number of nitrogens with one attached hydrogen (secondary N) is 1. The summed E-state index contributed by atoms with van der Waals surface area (Å²) in [6, 6.07) is 15.6. The summed E-state index contributed by atoms with van der Waals surface area (Å²) in [7, 11) is 1.59. The van der Waals surface area contributed by atoms with Crippen molar-refractivity contribution in [1.82, 2.24) is 20.2 Å². The predicted octanol–water partition coefficient (Wildman–Crippen LogP) is 3.20. The molecule has 7 nitrogen and oxygen atoms in total. The van der Waals surface area contributed by atoms with Gasteiger partial charge in [-0.15, -0.1) is 10.2 Å². The van der Waals surface area contributed by atoms with Crippen LogP contribution in [0.15, 0.2) is 53.7 Å². The van der Waals surface area contributed by atoms with Gasteiger partial charge in [-0.1, -0.05) is 55.1 Å². The topological polar surface area (TPSA) is 95.1 Å². The molecule has 8 heteroatoms. The summed E-state index contributed by atoms with van der Waals surface area (Å²) >= 11 is 1.24. The Morgan fingerprint density at radius 3 is 2.62 bits per heavy atom. The number of aromatic nitrogens is 3. The van der Waals surface area contributed by atoms with E-state index in [9.17, 15) is 4.79 Å². The van der Waals surface area contributed by atoms with Gasteiger partial charge in [-0.25, -0.2) is 4.68 Å². The van der Waals surface area contributed by atoms with E-state index in [-0.39, 0.29) is 17.7 Å². The number of nitrogens with zero attached hydrogens (tertiary/aromatic N) is 3. The number of benzene rings is 2. The zero-order valence-corrected chi connectivity index (χ0v) is 17.6. The molecular weight excluding hydrogens is 386 g/mol. The highest BCUT2D eigenvalue weighted by Crippen LogP contribution is 2.29. The number of hydrogen-bond acceptors (Lipinski definition) is 6. The number of rotatable bonds is 8. The van der Waals surface area contributed by atoms with Crippen LogP contribution in [0.1, 0.15) is 31.0 Å². The molecule has 0 saturated heterocycles. The molecule has 2 aromatic carbocycles. The highest BCUT2D eigenvalue weighted by Gasteiger charge is 2.17. The summed E-state index contributed by atoms with van der Waals surface area (Å²) in [5, 5.41) is 11.7. The summed E-state index contributed by atoms with van der Waals surface area (Å²) in [4.78, 5) is 12.4. The van der Waals surface area contributed by atoms with Crippen LogP contribution in [0.5, 0.6) is 5.75 Å². The highest BCUT2D eigenvalue weighted by atomic mass is 32.2. The number of nitrogens with two attached hydrogens (primary N) is 1. The molecule has 0 aliphatic rings. The minimum absolute atomic E-state index is 0.0751. The van der Waals surface area contributed by atoms with Crippen molar-refractivity contribution in [3.8, 4) is 17.1 Å². The van der Waals surface area contributed by atoms with E-state index < -0.39 is 0 Å². The van der Waals surface area contributed by atoms with Crippen LogP contribution in [-0.4, -0.2) is 33.6 Å². The number of amides is 1. The van der Waals surface area contributed by atoms with E-state index in [1.54, 1.807) is 7.11 Å². The molecule has 0 bridgehead atoms. The quantitative estimate of drug-likeness (QED) is 0.437. The Morgan fingerprint density at radius 1 is 1.21 bits per heavy atom. The van der Waals surface area contributed by atoms with E-state index in [0.29, 0.717) is 16.7 Å². The molecule has 1 atom stereocenters. The van der Waals surface area contributed by atoms with Crippen LogP contribution in [0.25, 0.3) is 11.4 Å². The lowest BCUT2D eigenvalue weighted by molar-refractivity contribution is -0.119. The lowest BCUT2D eigenvalue weighted by Gasteiger charge is -2.14. The number of para-hydroxylation sites is 1. The molecule has 1 unspecified atom stereocenters. The molecule has 0 spiro atoms. The van der Waals surface area contributed by atoms with Gasteiger partial charge in [0.2, 0.25) is 11.1 Å². The average molecular weight is 412 g/mol. The van der Waals surface area contributed by atoms with Gasteiger partial charge in [-0.05, 0) is 36.6 Å². The number of thioether (sulfide) groups is 1. The van der Waals surface area contributed by atoms with Gasteiger partial charge in [0.05, 0.1) is 24.5 Å². The fraction of sp³-hybridized carbons (Fsp3) is 0.286. The van der Waals surface area contributed by atoms with Crippen molar-refractivity contribution in [3.05, 3.63) is 59.7 Å². The van der Waals surface area contributed by atoms with Gasteiger partial charge in [0.1, 0.15) is 5.75 Å². The second-order valence-corrected chi connectivity index (χ2v) is 7.49. The Morgan fingerprint density at radius 2 is 1.93 bits per heavy atom. The third-order valence-corrected chi connectivity index (χ3v) is 5.55. The monoisotopic (exact) mass is 411 g/mol. The Balaban J connectivity index is 1.61. The Labute approximate surface area is 174 Å². The lowest BCUT2D eigenvalue weighted by Crippen LogP contribution is -2.28. The van der Waals surface area contributed by atoms with E-state index in [1.807, 2.05) is 43.3 Å². The minimum atomic E-state index is -0.0936. The SMILES string of the molecule is CCc1ccc(C(C)NC(=O)CSc2nnc(-c3ccccc3OC)n2N)cc1. The summed E-state index contributed by atoms with van der Waals surface area (Å²) in [6.07, 6.45) is 0.994. The second-order valence-electron chi connectivity index (χ2n) is 6.55. The summed E-state index contributed by atoms with van der Waals surface area (Å²) in [5.74, 6) is 7.39. The van der Waals surface area contributed by atoms with Gasteiger partial charge >= 0.3 is 0 Å². The number of hydrogen-bond donors (Lipinski definition) is 2. The van der Waals surface area contributed by atoms with Gasteiger partial charge in [-0.2, -0.15) is 0 Å². The van der Waals surface area contributed by atoms with Gasteiger partial charge in [0, 0.05) is 0 Å². The van der Waals surface area contributed by atoms with Gasteiger partial charge in [0.25, 0.3) is 0 Å². The van der Waals surface area contributed by atoms with Crippen LogP contribution >= 0.6 is 11.8 Å². The van der Waals surface area contributed by atoms with Crippen LogP contribution in [0, 0.1) is 0 Å². The van der Waals surface area contributed by atoms with Gasteiger partial charge < -0.3 is 15.9 Å². The Hall–Kier alpha value is -3.00. The highest BCUT2D eigenvalue weighted by molar-refractivity contribution is 7.99. The molecule has 0 saturated carbocycles. The van der Waals surface area contributed by atoms with Gasteiger partial charge in [-0.3, -0.25) is 4.79 Å². The molecule has 0 fully saturated rings. The maximum atomic E-state index is 12.4. The van der Waals surface area contributed by atoms with Crippen molar-refractivity contribution in [2.45, 2.75) is 31.5 Å². The molecule has 152 valence electrons. The smallest absolute Gasteiger partial charge is 0.230 e. The molecule has 29 heavy (non-hydrogen) atoms. The lowest BCUT2D eigenvalue weighted by atomic mass is 10.1. The zero-order valence-electron chi connectivity index (χ0n) is 16.8. The fourth-order valence-corrected chi connectivity index (χ4v) is 3.59. The molecule has 0 aliphatic carbocycles. The first kappa shape index (κ1) is 20.7. The molecular formula is C21H25N5O2S. The zero-order chi connectivity index (χ0) is 20.8. The van der Waals surface area contributed by atoms with E-state index >= 15 is 0 Å². The fourth-order valence-electron chi connectivity index (χ4n) is 2.93. The van der Waals surface area contributed by atoms with E-state index in [0.717, 1.165) is 17.5 Å². The van der Waals surface area contributed by atoms with Crippen molar-refractivity contribution in [1.29, 1.82) is 0 Å². The van der Waals surface area contributed by atoms with Gasteiger partial charge in [0.15, 0.2) is 5.82 Å². The number of aryl methyl sites for hydroxylation is 1. The van der Waals surface area contributed by atoms with E-state index in [4.69, 9.17) is 10.6 Å².